The molecular formula is C26H28FN3O3. The van der Waals surface area contributed by atoms with Crippen LogP contribution >= 0.6 is 0 Å². The van der Waals surface area contributed by atoms with Crippen LogP contribution in [-0.4, -0.2) is 54.2 Å². The van der Waals surface area contributed by atoms with Crippen LogP contribution in [0.5, 0.6) is 5.75 Å². The molecule has 2 aromatic heterocycles. The summed E-state index contributed by atoms with van der Waals surface area (Å²) in [6.45, 7) is 1.82. The minimum atomic E-state index is -0.303. The van der Waals surface area contributed by atoms with Gasteiger partial charge in [-0.05, 0) is 67.2 Å². The first kappa shape index (κ1) is 21.6. The van der Waals surface area contributed by atoms with Crippen molar-refractivity contribution in [2.75, 3.05) is 27.3 Å². The van der Waals surface area contributed by atoms with E-state index in [0.717, 1.165) is 61.1 Å². The number of pyridine rings is 1. The Bertz CT molecular complexity index is 1220. The number of nitrogens with zero attached hydrogens (tertiary/aromatic N) is 2. The average Bonchev–Trinajstić information content (AvgIpc) is 3.51. The maximum Gasteiger partial charge on any atom is 0.308 e. The summed E-state index contributed by atoms with van der Waals surface area (Å²) >= 11 is 0. The van der Waals surface area contributed by atoms with Crippen LogP contribution in [0.25, 0.3) is 27.7 Å². The Balaban J connectivity index is 1.38. The fraction of sp³-hybridized carbons (Fsp3) is 0.385. The number of H-pyrrole nitrogens is 1. The molecule has 1 aromatic carbocycles. The summed E-state index contributed by atoms with van der Waals surface area (Å²) in [5.41, 5.74) is 4.66. The predicted molar refractivity (Wildman–Crippen MR) is 125 cm³/mol. The molecule has 1 aliphatic carbocycles. The van der Waals surface area contributed by atoms with Crippen molar-refractivity contribution in [2.45, 2.75) is 31.7 Å². The summed E-state index contributed by atoms with van der Waals surface area (Å²) in [6, 6.07) is 8.98. The fourth-order valence-electron chi connectivity index (χ4n) is 5.26. The second kappa shape index (κ2) is 8.98. The van der Waals surface area contributed by atoms with E-state index < -0.39 is 0 Å². The minimum absolute atomic E-state index is 0.0309. The monoisotopic (exact) mass is 449 g/mol. The predicted octanol–water partition coefficient (Wildman–Crippen LogP) is 4.81. The minimum Gasteiger partial charge on any atom is -0.496 e. The van der Waals surface area contributed by atoms with Crippen LogP contribution in [0.15, 0.2) is 42.6 Å². The van der Waals surface area contributed by atoms with Gasteiger partial charge in [0.25, 0.3) is 0 Å². The molecule has 1 saturated carbocycles. The van der Waals surface area contributed by atoms with Crippen molar-refractivity contribution in [1.29, 1.82) is 0 Å². The van der Waals surface area contributed by atoms with Gasteiger partial charge in [-0.3, -0.25) is 9.69 Å². The van der Waals surface area contributed by atoms with E-state index in [-0.39, 0.29) is 17.7 Å². The number of esters is 1. The highest BCUT2D eigenvalue weighted by molar-refractivity contribution is 5.96. The van der Waals surface area contributed by atoms with Gasteiger partial charge in [0.05, 0.1) is 20.1 Å². The molecule has 1 aliphatic heterocycles. The van der Waals surface area contributed by atoms with E-state index in [9.17, 15) is 9.18 Å². The number of carbonyl (C=O) groups is 1. The largest absolute Gasteiger partial charge is 0.496 e. The SMILES string of the molecule is COC(=O)C1CCC(N2CC=C(c3cc4c(-c5cc(F)ccc5OC)ccnc4[nH]3)CC2)C1. The molecule has 0 amide bonds. The molecule has 0 spiro atoms. The molecule has 3 aromatic rings. The lowest BCUT2D eigenvalue weighted by Gasteiger charge is -2.31. The normalized spacial score (nSPS) is 21.2. The standard InChI is InChI=1S/C26H28FN3O3/c1-32-24-6-4-18(27)14-21(24)20-7-10-28-25-22(20)15-23(29-25)16-8-11-30(12-9-16)19-5-3-17(13-19)26(31)33-2/h4,6-8,10,14-15,17,19H,3,5,9,11-13H2,1-2H3,(H,28,29). The highest BCUT2D eigenvalue weighted by atomic mass is 19.1. The molecule has 33 heavy (non-hydrogen) atoms. The number of methoxy groups -OCH3 is 2. The quantitative estimate of drug-likeness (QED) is 0.567. The molecule has 5 rings (SSSR count). The van der Waals surface area contributed by atoms with Gasteiger partial charge in [-0.25, -0.2) is 9.37 Å². The van der Waals surface area contributed by atoms with Gasteiger partial charge in [-0.2, -0.15) is 0 Å². The second-order valence-corrected chi connectivity index (χ2v) is 8.81. The molecule has 1 N–H and O–H groups in total. The van der Waals surface area contributed by atoms with E-state index in [1.807, 2.05) is 6.07 Å². The maximum atomic E-state index is 14.0. The lowest BCUT2D eigenvalue weighted by molar-refractivity contribution is -0.145. The number of halogens is 1. The number of hydrogen-bond donors (Lipinski definition) is 1. The Morgan fingerprint density at radius 3 is 2.82 bits per heavy atom. The van der Waals surface area contributed by atoms with Crippen molar-refractivity contribution < 1.29 is 18.7 Å². The fourth-order valence-corrected chi connectivity index (χ4v) is 5.26. The lowest BCUT2D eigenvalue weighted by Crippen LogP contribution is -2.37. The third-order valence-corrected chi connectivity index (χ3v) is 7.03. The summed E-state index contributed by atoms with van der Waals surface area (Å²) in [4.78, 5) is 22.3. The summed E-state index contributed by atoms with van der Waals surface area (Å²) in [7, 11) is 3.06. The molecule has 0 bridgehead atoms. The number of rotatable bonds is 5. The van der Waals surface area contributed by atoms with Gasteiger partial charge in [-0.1, -0.05) is 6.08 Å². The van der Waals surface area contributed by atoms with Crippen molar-refractivity contribution >= 4 is 22.6 Å². The van der Waals surface area contributed by atoms with Crippen molar-refractivity contribution in [2.24, 2.45) is 5.92 Å². The first-order valence-electron chi connectivity index (χ1n) is 11.4. The van der Waals surface area contributed by atoms with Crippen molar-refractivity contribution in [1.82, 2.24) is 14.9 Å². The van der Waals surface area contributed by atoms with Gasteiger partial charge < -0.3 is 14.5 Å². The molecule has 7 heteroatoms. The lowest BCUT2D eigenvalue weighted by atomic mass is 10.00. The molecule has 0 radical (unpaired) electrons. The van der Waals surface area contributed by atoms with Crippen LogP contribution in [0, 0.1) is 11.7 Å². The summed E-state index contributed by atoms with van der Waals surface area (Å²) < 4.78 is 24.4. The Morgan fingerprint density at radius 2 is 2.06 bits per heavy atom. The van der Waals surface area contributed by atoms with E-state index in [2.05, 4.69) is 27.0 Å². The van der Waals surface area contributed by atoms with Crippen molar-refractivity contribution in [3.63, 3.8) is 0 Å². The van der Waals surface area contributed by atoms with Gasteiger partial charge in [0, 0.05) is 42.0 Å². The molecule has 172 valence electrons. The first-order chi connectivity index (χ1) is 16.1. The van der Waals surface area contributed by atoms with E-state index in [4.69, 9.17) is 9.47 Å². The molecule has 2 aliphatic rings. The van der Waals surface area contributed by atoms with Crippen molar-refractivity contribution in [3.8, 4) is 16.9 Å². The van der Waals surface area contributed by atoms with Gasteiger partial charge in [0.1, 0.15) is 17.2 Å². The zero-order valence-electron chi connectivity index (χ0n) is 18.9. The summed E-state index contributed by atoms with van der Waals surface area (Å²) in [5, 5.41) is 0.941. The van der Waals surface area contributed by atoms with Crippen LogP contribution < -0.4 is 4.74 Å². The Labute approximate surface area is 192 Å². The number of nitrogens with one attached hydrogen (secondary N) is 1. The topological polar surface area (TPSA) is 67.4 Å². The molecule has 0 saturated heterocycles. The number of benzene rings is 1. The Kier molecular flexibility index (Phi) is 5.89. The highest BCUT2D eigenvalue weighted by Gasteiger charge is 2.34. The van der Waals surface area contributed by atoms with E-state index >= 15 is 0 Å². The summed E-state index contributed by atoms with van der Waals surface area (Å²) in [6.07, 6.45) is 7.75. The molecule has 1 fully saturated rings. The van der Waals surface area contributed by atoms with Crippen LogP contribution in [0.2, 0.25) is 0 Å². The number of carbonyl (C=O) groups excluding carboxylic acids is 1. The Morgan fingerprint density at radius 1 is 1.18 bits per heavy atom. The highest BCUT2D eigenvalue weighted by Crippen LogP contribution is 2.37. The van der Waals surface area contributed by atoms with Gasteiger partial charge in [0.15, 0.2) is 0 Å². The average molecular weight is 450 g/mol. The summed E-state index contributed by atoms with van der Waals surface area (Å²) in [5.74, 6) is 0.273. The number of hydrogen-bond acceptors (Lipinski definition) is 5. The van der Waals surface area contributed by atoms with E-state index in [0.29, 0.717) is 17.4 Å². The van der Waals surface area contributed by atoms with Crippen LogP contribution in [0.4, 0.5) is 4.39 Å². The number of ether oxygens (including phenoxy) is 2. The van der Waals surface area contributed by atoms with Gasteiger partial charge >= 0.3 is 5.97 Å². The van der Waals surface area contributed by atoms with Crippen LogP contribution in [0.3, 0.4) is 0 Å². The van der Waals surface area contributed by atoms with Crippen molar-refractivity contribution in [3.05, 3.63) is 54.1 Å². The van der Waals surface area contributed by atoms with E-state index in [1.54, 1.807) is 19.4 Å². The third-order valence-electron chi connectivity index (χ3n) is 7.03. The molecule has 3 heterocycles. The van der Waals surface area contributed by atoms with Crippen LogP contribution in [0.1, 0.15) is 31.4 Å². The molecular weight excluding hydrogens is 421 g/mol. The zero-order chi connectivity index (χ0) is 22.9. The van der Waals surface area contributed by atoms with E-state index in [1.165, 1.54) is 24.8 Å². The Hall–Kier alpha value is -3.19. The molecule has 2 atom stereocenters. The van der Waals surface area contributed by atoms with Crippen LogP contribution in [-0.2, 0) is 9.53 Å². The number of aromatic nitrogens is 2. The third kappa shape index (κ3) is 4.13. The second-order valence-electron chi connectivity index (χ2n) is 8.81. The molecule has 6 nitrogen and oxygen atoms in total. The number of fused-ring (bicyclic) bond motifs is 1. The van der Waals surface area contributed by atoms with Gasteiger partial charge in [-0.15, -0.1) is 0 Å². The zero-order valence-corrected chi connectivity index (χ0v) is 18.9. The number of aromatic amines is 1. The molecule has 2 unspecified atom stereocenters. The van der Waals surface area contributed by atoms with Gasteiger partial charge in [0.2, 0.25) is 0 Å². The first-order valence-corrected chi connectivity index (χ1v) is 11.4. The maximum absolute atomic E-state index is 14.0. The smallest absolute Gasteiger partial charge is 0.308 e.